The van der Waals surface area contributed by atoms with E-state index >= 15 is 0 Å². The molecule has 0 heterocycles. The van der Waals surface area contributed by atoms with Crippen LogP contribution in [0.3, 0.4) is 0 Å². The van der Waals surface area contributed by atoms with E-state index in [4.69, 9.17) is 10.2 Å². The Hall–Kier alpha value is -0.680. The smallest absolute Gasteiger partial charge is 0.229 e. The minimum absolute atomic E-state index is 0.0330. The average molecular weight is 149 g/mol. The number of aliphatic hydroxyl groups is 2. The molecular weight excluding hydrogens is 138 g/mol. The van der Waals surface area contributed by atoms with E-state index < -0.39 is 17.6 Å². The van der Waals surface area contributed by atoms with E-state index in [1.54, 1.807) is 0 Å². The monoisotopic (exact) mass is 149 g/mol. The second kappa shape index (κ2) is 5.13. The Morgan fingerprint density at radius 1 is 1.60 bits per heavy atom. The highest BCUT2D eigenvalue weighted by Gasteiger charge is 2.09. The van der Waals surface area contributed by atoms with Crippen LogP contribution >= 0.6 is 0 Å². The molecule has 0 aliphatic rings. The standard InChI is InChI=1S/C5H11NO4/c7-3-1-2-5(8)4-6(9)10/h5,7-8H,1-4H2. The van der Waals surface area contributed by atoms with Crippen LogP contribution in [0.5, 0.6) is 0 Å². The Labute approximate surface area is 58.4 Å². The van der Waals surface area contributed by atoms with Gasteiger partial charge in [-0.1, -0.05) is 0 Å². The van der Waals surface area contributed by atoms with Crippen molar-refractivity contribution >= 4 is 0 Å². The summed E-state index contributed by atoms with van der Waals surface area (Å²) in [5, 5.41) is 26.8. The summed E-state index contributed by atoms with van der Waals surface area (Å²) in [6.45, 7) is -0.464. The fourth-order valence-electron chi connectivity index (χ4n) is 0.590. The van der Waals surface area contributed by atoms with Crippen molar-refractivity contribution in [1.29, 1.82) is 0 Å². The zero-order valence-corrected chi connectivity index (χ0v) is 5.56. The van der Waals surface area contributed by atoms with E-state index in [2.05, 4.69) is 0 Å². The molecule has 0 aliphatic heterocycles. The van der Waals surface area contributed by atoms with Gasteiger partial charge in [0.1, 0.15) is 6.10 Å². The zero-order valence-electron chi connectivity index (χ0n) is 5.56. The van der Waals surface area contributed by atoms with Gasteiger partial charge >= 0.3 is 0 Å². The summed E-state index contributed by atoms with van der Waals surface area (Å²) in [4.78, 5) is 9.19. The fourth-order valence-corrected chi connectivity index (χ4v) is 0.590. The normalized spacial score (nSPS) is 13.0. The summed E-state index contributed by atoms with van der Waals surface area (Å²) in [5.41, 5.74) is 0. The van der Waals surface area contributed by atoms with Crippen LogP contribution in [0.4, 0.5) is 0 Å². The number of hydrogen-bond donors (Lipinski definition) is 2. The second-order valence-corrected chi connectivity index (χ2v) is 2.03. The molecular formula is C5H11NO4. The van der Waals surface area contributed by atoms with Crippen LogP contribution in [-0.4, -0.2) is 34.4 Å². The van der Waals surface area contributed by atoms with Crippen molar-refractivity contribution in [3.63, 3.8) is 0 Å². The van der Waals surface area contributed by atoms with Gasteiger partial charge in [-0.2, -0.15) is 0 Å². The molecule has 5 nitrogen and oxygen atoms in total. The lowest BCUT2D eigenvalue weighted by Gasteiger charge is -2.02. The lowest BCUT2D eigenvalue weighted by molar-refractivity contribution is -0.490. The van der Waals surface area contributed by atoms with E-state index in [9.17, 15) is 10.1 Å². The molecule has 0 saturated heterocycles. The molecule has 10 heavy (non-hydrogen) atoms. The summed E-state index contributed by atoms with van der Waals surface area (Å²) in [5.74, 6) is 0. The van der Waals surface area contributed by atoms with Gasteiger partial charge in [0.15, 0.2) is 0 Å². The van der Waals surface area contributed by atoms with E-state index in [1.807, 2.05) is 0 Å². The predicted molar refractivity (Wildman–Crippen MR) is 34.2 cm³/mol. The maximum atomic E-state index is 9.76. The van der Waals surface area contributed by atoms with E-state index in [-0.39, 0.29) is 13.0 Å². The summed E-state index contributed by atoms with van der Waals surface area (Å²) in [6, 6.07) is 0. The zero-order chi connectivity index (χ0) is 7.98. The average Bonchev–Trinajstić information content (AvgIpc) is 1.82. The highest BCUT2D eigenvalue weighted by atomic mass is 16.6. The van der Waals surface area contributed by atoms with Crippen LogP contribution in [0.2, 0.25) is 0 Å². The topological polar surface area (TPSA) is 83.6 Å². The van der Waals surface area contributed by atoms with E-state index in [0.29, 0.717) is 6.42 Å². The molecule has 0 rings (SSSR count). The molecule has 0 radical (unpaired) electrons. The molecule has 60 valence electrons. The third-order valence-electron chi connectivity index (χ3n) is 1.06. The van der Waals surface area contributed by atoms with E-state index in [0.717, 1.165) is 0 Å². The summed E-state index contributed by atoms with van der Waals surface area (Å²) in [7, 11) is 0. The van der Waals surface area contributed by atoms with Crippen LogP contribution in [0.15, 0.2) is 0 Å². The van der Waals surface area contributed by atoms with Gasteiger partial charge in [0, 0.05) is 11.5 Å². The molecule has 1 unspecified atom stereocenters. The minimum Gasteiger partial charge on any atom is -0.396 e. The lowest BCUT2D eigenvalue weighted by Crippen LogP contribution is -2.19. The highest BCUT2D eigenvalue weighted by Crippen LogP contribution is 1.95. The van der Waals surface area contributed by atoms with Gasteiger partial charge in [0.25, 0.3) is 0 Å². The Bertz CT molecular complexity index is 106. The largest absolute Gasteiger partial charge is 0.396 e. The number of nitro groups is 1. The molecule has 0 aromatic rings. The summed E-state index contributed by atoms with van der Waals surface area (Å²) in [6.07, 6.45) is -0.214. The van der Waals surface area contributed by atoms with Crippen molar-refractivity contribution in [1.82, 2.24) is 0 Å². The van der Waals surface area contributed by atoms with Crippen molar-refractivity contribution in [2.45, 2.75) is 18.9 Å². The Morgan fingerprint density at radius 3 is 2.60 bits per heavy atom. The number of aliphatic hydroxyl groups excluding tert-OH is 2. The van der Waals surface area contributed by atoms with Crippen molar-refractivity contribution in [3.8, 4) is 0 Å². The van der Waals surface area contributed by atoms with E-state index in [1.165, 1.54) is 0 Å². The first-order valence-corrected chi connectivity index (χ1v) is 3.07. The van der Waals surface area contributed by atoms with Crippen molar-refractivity contribution in [2.24, 2.45) is 0 Å². The van der Waals surface area contributed by atoms with Crippen LogP contribution in [0.1, 0.15) is 12.8 Å². The Kier molecular flexibility index (Phi) is 4.78. The summed E-state index contributed by atoms with van der Waals surface area (Å²) >= 11 is 0. The lowest BCUT2D eigenvalue weighted by atomic mass is 10.2. The van der Waals surface area contributed by atoms with Gasteiger partial charge < -0.3 is 10.2 Å². The third kappa shape index (κ3) is 5.46. The number of hydrogen-bond acceptors (Lipinski definition) is 4. The fraction of sp³-hybridized carbons (Fsp3) is 1.00. The number of rotatable bonds is 5. The van der Waals surface area contributed by atoms with Gasteiger partial charge in [-0.25, -0.2) is 0 Å². The molecule has 5 heteroatoms. The van der Waals surface area contributed by atoms with Crippen molar-refractivity contribution in [2.75, 3.05) is 13.2 Å². The van der Waals surface area contributed by atoms with Gasteiger partial charge in [-0.15, -0.1) is 0 Å². The van der Waals surface area contributed by atoms with Gasteiger partial charge in [-0.05, 0) is 12.8 Å². The molecule has 0 aliphatic carbocycles. The van der Waals surface area contributed by atoms with Crippen LogP contribution in [-0.2, 0) is 0 Å². The predicted octanol–water partition coefficient (Wildman–Crippen LogP) is -0.604. The molecule has 0 aromatic heterocycles. The second-order valence-electron chi connectivity index (χ2n) is 2.03. The van der Waals surface area contributed by atoms with Crippen molar-refractivity contribution in [3.05, 3.63) is 10.1 Å². The molecule has 0 saturated carbocycles. The Balaban J connectivity index is 3.25. The maximum Gasteiger partial charge on any atom is 0.229 e. The van der Waals surface area contributed by atoms with Crippen molar-refractivity contribution < 1.29 is 15.1 Å². The first-order valence-electron chi connectivity index (χ1n) is 3.07. The molecule has 1 atom stereocenters. The minimum atomic E-state index is -0.915. The van der Waals surface area contributed by atoms with Crippen LogP contribution in [0, 0.1) is 10.1 Å². The molecule has 0 aromatic carbocycles. The molecule has 0 fully saturated rings. The first-order chi connectivity index (χ1) is 4.66. The molecule has 0 bridgehead atoms. The third-order valence-corrected chi connectivity index (χ3v) is 1.06. The highest BCUT2D eigenvalue weighted by molar-refractivity contribution is 4.51. The maximum absolute atomic E-state index is 9.76. The molecule has 2 N–H and O–H groups in total. The Morgan fingerprint density at radius 2 is 2.20 bits per heavy atom. The summed E-state index contributed by atoms with van der Waals surface area (Å²) < 4.78 is 0. The van der Waals surface area contributed by atoms with Gasteiger partial charge in [-0.3, -0.25) is 10.1 Å². The quantitative estimate of drug-likeness (QED) is 0.403. The van der Waals surface area contributed by atoms with Crippen LogP contribution in [0.25, 0.3) is 0 Å². The first kappa shape index (κ1) is 9.32. The molecule has 0 amide bonds. The SMILES string of the molecule is O=[N+]([O-])CC(O)CCCO. The molecule has 0 spiro atoms. The van der Waals surface area contributed by atoms with Crippen LogP contribution < -0.4 is 0 Å². The van der Waals surface area contributed by atoms with Gasteiger partial charge in [0.05, 0.1) is 0 Å². The number of nitrogens with zero attached hydrogens (tertiary/aromatic N) is 1. The van der Waals surface area contributed by atoms with Gasteiger partial charge in [0.2, 0.25) is 6.54 Å².